The lowest BCUT2D eigenvalue weighted by Crippen LogP contribution is -2.54. The Labute approximate surface area is 250 Å². The number of anilines is 2. The van der Waals surface area contributed by atoms with Gasteiger partial charge in [-0.1, -0.05) is 43.5 Å². The molecule has 2 amide bonds. The maximum absolute atomic E-state index is 15.2. The van der Waals surface area contributed by atoms with E-state index in [2.05, 4.69) is 28.1 Å². The molecule has 2 aliphatic carbocycles. The summed E-state index contributed by atoms with van der Waals surface area (Å²) in [5, 5.41) is 0. The van der Waals surface area contributed by atoms with Gasteiger partial charge in [-0.3, -0.25) is 9.59 Å². The van der Waals surface area contributed by atoms with Gasteiger partial charge >= 0.3 is 0 Å². The molecule has 7 rings (SSSR count). The van der Waals surface area contributed by atoms with Crippen molar-refractivity contribution < 1.29 is 18.4 Å². The number of hydrogen-bond donors (Lipinski definition) is 1. The Bertz CT molecular complexity index is 1640. The largest absolute Gasteiger partial charge is 0.443 e. The van der Waals surface area contributed by atoms with Gasteiger partial charge in [0.15, 0.2) is 12.0 Å². The van der Waals surface area contributed by atoms with Gasteiger partial charge in [0.1, 0.15) is 11.3 Å². The fourth-order valence-electron chi connectivity index (χ4n) is 8.05. The topological polar surface area (TPSA) is 92.7 Å². The van der Waals surface area contributed by atoms with Gasteiger partial charge in [-0.2, -0.15) is 0 Å². The van der Waals surface area contributed by atoms with E-state index in [1.165, 1.54) is 25.3 Å². The monoisotopic (exact) mass is 580 g/mol. The Kier molecular flexibility index (Phi) is 7.15. The number of piperidine rings is 1. The average Bonchev–Trinajstić information content (AvgIpc) is 3.79. The number of hydrogen-bond acceptors (Lipinski definition) is 5. The minimum absolute atomic E-state index is 0.0598. The minimum atomic E-state index is -0.567. The Balaban J connectivity index is 1.29. The van der Waals surface area contributed by atoms with Crippen LogP contribution in [0.1, 0.15) is 78.9 Å². The van der Waals surface area contributed by atoms with E-state index in [1.807, 2.05) is 29.2 Å². The number of oxazole rings is 1. The fourth-order valence-corrected chi connectivity index (χ4v) is 8.05. The molecule has 3 aromatic carbocycles. The third-order valence-corrected chi connectivity index (χ3v) is 10.0. The van der Waals surface area contributed by atoms with Crippen LogP contribution in [0.2, 0.25) is 0 Å². The summed E-state index contributed by atoms with van der Waals surface area (Å²) in [7, 11) is 0. The van der Waals surface area contributed by atoms with E-state index in [9.17, 15) is 9.59 Å². The molecule has 3 aliphatic rings. The molecule has 4 unspecified atom stereocenters. The number of benzene rings is 3. The molecule has 0 bridgehead atoms. The second kappa shape index (κ2) is 11.1. The van der Waals surface area contributed by atoms with Gasteiger partial charge < -0.3 is 20.0 Å². The SMILES string of the molecule is Cc1cccc(F)c1C(=O)N1C2CCCC2CC(C(N)=O)C1c1ccc(N(c2ccc3ncoc3c2)C2CCCC2)cc1. The lowest BCUT2D eigenvalue weighted by molar-refractivity contribution is -0.127. The molecule has 1 aromatic heterocycles. The van der Waals surface area contributed by atoms with E-state index in [1.54, 1.807) is 19.1 Å². The first-order valence-electron chi connectivity index (χ1n) is 15.5. The number of halogens is 1. The van der Waals surface area contributed by atoms with Crippen LogP contribution in [0.4, 0.5) is 15.8 Å². The molecule has 1 aliphatic heterocycles. The highest BCUT2D eigenvalue weighted by Crippen LogP contribution is 2.49. The number of fused-ring (bicyclic) bond motifs is 2. The third kappa shape index (κ3) is 4.86. The highest BCUT2D eigenvalue weighted by atomic mass is 19.1. The van der Waals surface area contributed by atoms with Crippen LogP contribution in [-0.2, 0) is 4.79 Å². The first-order valence-corrected chi connectivity index (χ1v) is 15.5. The zero-order valence-corrected chi connectivity index (χ0v) is 24.4. The normalized spacial score (nSPS) is 23.9. The summed E-state index contributed by atoms with van der Waals surface area (Å²) in [6.07, 6.45) is 9.40. The molecule has 1 saturated heterocycles. The van der Waals surface area contributed by atoms with Gasteiger partial charge in [0.05, 0.1) is 17.5 Å². The number of aryl methyl sites for hydroxylation is 1. The number of carbonyl (C=O) groups is 2. The predicted molar refractivity (Wildman–Crippen MR) is 163 cm³/mol. The summed E-state index contributed by atoms with van der Waals surface area (Å²) < 4.78 is 20.8. The number of rotatable bonds is 6. The number of aromatic nitrogens is 1. The predicted octanol–water partition coefficient (Wildman–Crippen LogP) is 7.21. The molecule has 2 heterocycles. The molecule has 43 heavy (non-hydrogen) atoms. The van der Waals surface area contributed by atoms with Crippen molar-refractivity contribution in [3.8, 4) is 0 Å². The highest BCUT2D eigenvalue weighted by molar-refractivity contribution is 5.97. The van der Waals surface area contributed by atoms with Gasteiger partial charge in [-0.15, -0.1) is 0 Å². The number of nitrogens with zero attached hydrogens (tertiary/aromatic N) is 3. The van der Waals surface area contributed by atoms with Crippen molar-refractivity contribution in [2.24, 2.45) is 17.6 Å². The van der Waals surface area contributed by atoms with E-state index in [0.29, 0.717) is 18.0 Å². The fraction of sp³-hybridized carbons (Fsp3) is 0.400. The second-order valence-electron chi connectivity index (χ2n) is 12.5. The number of likely N-dealkylation sites (tertiary alicyclic amines) is 1. The van der Waals surface area contributed by atoms with Gasteiger partial charge in [0.2, 0.25) is 5.91 Å². The van der Waals surface area contributed by atoms with E-state index in [-0.39, 0.29) is 23.4 Å². The molecule has 8 heteroatoms. The molecular formula is C35H37FN4O3. The molecule has 222 valence electrons. The van der Waals surface area contributed by atoms with Crippen LogP contribution in [0.5, 0.6) is 0 Å². The Morgan fingerprint density at radius 3 is 2.49 bits per heavy atom. The third-order valence-electron chi connectivity index (χ3n) is 10.0. The lowest BCUT2D eigenvalue weighted by atomic mass is 9.76. The van der Waals surface area contributed by atoms with Crippen LogP contribution in [0.15, 0.2) is 71.5 Å². The summed E-state index contributed by atoms with van der Waals surface area (Å²) in [6.45, 7) is 1.76. The molecule has 2 N–H and O–H groups in total. The molecule has 4 atom stereocenters. The quantitative estimate of drug-likeness (QED) is 0.260. The zero-order valence-electron chi connectivity index (χ0n) is 24.4. The van der Waals surface area contributed by atoms with Crippen molar-refractivity contribution in [3.05, 3.63) is 89.6 Å². The first kappa shape index (κ1) is 27.6. The summed E-state index contributed by atoms with van der Waals surface area (Å²) in [5.41, 5.74) is 11.2. The van der Waals surface area contributed by atoms with Crippen LogP contribution >= 0.6 is 0 Å². The number of carbonyl (C=O) groups excluding carboxylic acids is 2. The number of nitrogens with two attached hydrogens (primary N) is 1. The highest BCUT2D eigenvalue weighted by Gasteiger charge is 2.49. The van der Waals surface area contributed by atoms with Gasteiger partial charge in [-0.25, -0.2) is 9.37 Å². The van der Waals surface area contributed by atoms with Crippen molar-refractivity contribution in [3.63, 3.8) is 0 Å². The van der Waals surface area contributed by atoms with Crippen molar-refractivity contribution in [2.75, 3.05) is 4.90 Å². The van der Waals surface area contributed by atoms with Crippen molar-refractivity contribution >= 4 is 34.3 Å². The Morgan fingerprint density at radius 1 is 0.977 bits per heavy atom. The van der Waals surface area contributed by atoms with Crippen LogP contribution in [0, 0.1) is 24.6 Å². The van der Waals surface area contributed by atoms with E-state index in [4.69, 9.17) is 10.2 Å². The number of amides is 2. The number of primary amides is 1. The van der Waals surface area contributed by atoms with E-state index >= 15 is 4.39 Å². The molecule has 0 spiro atoms. The second-order valence-corrected chi connectivity index (χ2v) is 12.5. The van der Waals surface area contributed by atoms with Crippen molar-refractivity contribution in [2.45, 2.75) is 76.4 Å². The Hall–Kier alpha value is -4.20. The van der Waals surface area contributed by atoms with Gasteiger partial charge in [-0.05, 0) is 86.4 Å². The van der Waals surface area contributed by atoms with Crippen molar-refractivity contribution in [1.82, 2.24) is 9.88 Å². The molecule has 3 fully saturated rings. The van der Waals surface area contributed by atoms with Crippen LogP contribution in [0.3, 0.4) is 0 Å². The zero-order chi connectivity index (χ0) is 29.7. The molecule has 0 radical (unpaired) electrons. The van der Waals surface area contributed by atoms with Crippen LogP contribution < -0.4 is 10.6 Å². The van der Waals surface area contributed by atoms with Crippen molar-refractivity contribution in [1.29, 1.82) is 0 Å². The van der Waals surface area contributed by atoms with Gasteiger partial charge in [0, 0.05) is 29.5 Å². The summed E-state index contributed by atoms with van der Waals surface area (Å²) >= 11 is 0. The Morgan fingerprint density at radius 2 is 1.74 bits per heavy atom. The maximum Gasteiger partial charge on any atom is 0.257 e. The molecular weight excluding hydrogens is 543 g/mol. The van der Waals surface area contributed by atoms with E-state index in [0.717, 1.165) is 60.1 Å². The lowest BCUT2D eigenvalue weighted by Gasteiger charge is -2.48. The molecule has 7 nitrogen and oxygen atoms in total. The molecule has 4 aromatic rings. The summed E-state index contributed by atoms with van der Waals surface area (Å²) in [6, 6.07) is 18.7. The average molecular weight is 581 g/mol. The minimum Gasteiger partial charge on any atom is -0.443 e. The smallest absolute Gasteiger partial charge is 0.257 e. The maximum atomic E-state index is 15.2. The molecule has 2 saturated carbocycles. The van der Waals surface area contributed by atoms with Crippen LogP contribution in [0.25, 0.3) is 11.1 Å². The van der Waals surface area contributed by atoms with E-state index < -0.39 is 23.7 Å². The summed E-state index contributed by atoms with van der Waals surface area (Å²) in [4.78, 5) is 35.7. The standard InChI is InChI=1S/C35H37FN4O3/c1-21-6-4-10-28(36)32(21)35(42)40-30-11-5-7-23(30)18-27(34(37)41)33(40)22-12-14-25(15-13-22)39(24-8-2-3-9-24)26-16-17-29-31(19-26)43-20-38-29/h4,6,10,12-17,19-20,23-24,27,30,33H,2-3,5,7-9,11,18H2,1H3,(H2,37,41). The van der Waals surface area contributed by atoms with Gasteiger partial charge in [0.25, 0.3) is 5.91 Å². The van der Waals surface area contributed by atoms with Crippen LogP contribution in [-0.4, -0.2) is 33.8 Å². The summed E-state index contributed by atoms with van der Waals surface area (Å²) in [5.74, 6) is -1.70. The first-order chi connectivity index (χ1) is 20.9.